The van der Waals surface area contributed by atoms with Gasteiger partial charge in [0.1, 0.15) is 0 Å². The molecule has 3 rings (SSSR count). The molecule has 2 bridgehead atoms. The molecule has 1 saturated carbocycles. The van der Waals surface area contributed by atoms with E-state index in [2.05, 4.69) is 10.5 Å². The first-order chi connectivity index (χ1) is 10.7. The number of nitrogens with zero attached hydrogens (tertiary/aromatic N) is 1. The molecule has 0 aromatic heterocycles. The molecule has 1 aliphatic heterocycles. The fourth-order valence-electron chi connectivity index (χ4n) is 3.58. The number of rotatable bonds is 3. The van der Waals surface area contributed by atoms with Gasteiger partial charge in [0.15, 0.2) is 5.60 Å². The molecule has 2 fully saturated rings. The first kappa shape index (κ1) is 16.0. The van der Waals surface area contributed by atoms with E-state index in [0.717, 1.165) is 0 Å². The zero-order chi connectivity index (χ0) is 16.9. The summed E-state index contributed by atoms with van der Waals surface area (Å²) in [6, 6.07) is 7.19. The van der Waals surface area contributed by atoms with Crippen LogP contribution >= 0.6 is 11.6 Å². The second-order valence-corrected chi connectivity index (χ2v) is 7.30. The number of hydrazone groups is 1. The Hall–Kier alpha value is -1.88. The molecule has 5 nitrogen and oxygen atoms in total. The molecule has 1 heterocycles. The second kappa shape index (κ2) is 5.06. The van der Waals surface area contributed by atoms with Crippen molar-refractivity contribution in [2.24, 2.45) is 15.9 Å². The molecular formula is C17H19ClN2O3. The van der Waals surface area contributed by atoms with Crippen LogP contribution in [-0.2, 0) is 14.3 Å². The Balaban J connectivity index is 1.79. The standard InChI is InChI=1S/C17H19ClN2O3/c1-15(2)16(3)8-9-17(15,23-14(16)22)13(21)20-19-10-11-6-4-5-7-12(11)18/h4-7,10H,8-9H2,1-3H3,(H,20,21)/b19-10+. The van der Waals surface area contributed by atoms with Gasteiger partial charge in [-0.15, -0.1) is 0 Å². The van der Waals surface area contributed by atoms with Crippen molar-refractivity contribution >= 4 is 29.7 Å². The average Bonchev–Trinajstić information content (AvgIpc) is 2.79. The van der Waals surface area contributed by atoms with Crippen molar-refractivity contribution in [3.63, 3.8) is 0 Å². The van der Waals surface area contributed by atoms with Crippen LogP contribution in [0.1, 0.15) is 39.2 Å². The molecule has 2 unspecified atom stereocenters. The molecule has 1 N–H and O–H groups in total. The third-order valence-electron chi connectivity index (χ3n) is 5.73. The Kier molecular flexibility index (Phi) is 3.52. The largest absolute Gasteiger partial charge is 0.448 e. The molecular weight excluding hydrogens is 316 g/mol. The summed E-state index contributed by atoms with van der Waals surface area (Å²) in [4.78, 5) is 24.8. The van der Waals surface area contributed by atoms with Gasteiger partial charge in [-0.25, -0.2) is 5.43 Å². The molecule has 0 spiro atoms. The van der Waals surface area contributed by atoms with Crippen LogP contribution in [0.5, 0.6) is 0 Å². The van der Waals surface area contributed by atoms with E-state index >= 15 is 0 Å². The minimum atomic E-state index is -1.16. The summed E-state index contributed by atoms with van der Waals surface area (Å²) in [5, 5.41) is 4.52. The van der Waals surface area contributed by atoms with Crippen molar-refractivity contribution in [1.82, 2.24) is 5.43 Å². The molecule has 2 aliphatic rings. The van der Waals surface area contributed by atoms with Crippen molar-refractivity contribution < 1.29 is 14.3 Å². The number of hydrogen-bond donors (Lipinski definition) is 1. The van der Waals surface area contributed by atoms with Crippen LogP contribution in [0.2, 0.25) is 5.02 Å². The van der Waals surface area contributed by atoms with Crippen LogP contribution in [0.15, 0.2) is 29.4 Å². The maximum atomic E-state index is 12.7. The van der Waals surface area contributed by atoms with Gasteiger partial charge in [-0.05, 0) is 25.8 Å². The Morgan fingerprint density at radius 1 is 1.30 bits per heavy atom. The molecule has 1 saturated heterocycles. The number of carbonyl (C=O) groups is 2. The van der Waals surface area contributed by atoms with E-state index in [-0.39, 0.29) is 11.9 Å². The van der Waals surface area contributed by atoms with Crippen LogP contribution in [0, 0.1) is 10.8 Å². The lowest BCUT2D eigenvalue weighted by Gasteiger charge is -2.34. The van der Waals surface area contributed by atoms with E-state index in [1.54, 1.807) is 12.1 Å². The lowest BCUT2D eigenvalue weighted by molar-refractivity contribution is -0.168. The van der Waals surface area contributed by atoms with Crippen LogP contribution in [0.3, 0.4) is 0 Å². The van der Waals surface area contributed by atoms with Crippen molar-refractivity contribution in [2.75, 3.05) is 0 Å². The minimum Gasteiger partial charge on any atom is -0.448 e. The van der Waals surface area contributed by atoms with Crippen LogP contribution < -0.4 is 5.43 Å². The smallest absolute Gasteiger partial charge is 0.313 e. The summed E-state index contributed by atoms with van der Waals surface area (Å²) in [7, 11) is 0. The highest BCUT2D eigenvalue weighted by molar-refractivity contribution is 6.33. The quantitative estimate of drug-likeness (QED) is 0.525. The predicted octanol–water partition coefficient (Wildman–Crippen LogP) is 2.91. The van der Waals surface area contributed by atoms with E-state index in [4.69, 9.17) is 16.3 Å². The molecule has 0 radical (unpaired) electrons. The van der Waals surface area contributed by atoms with E-state index in [1.807, 2.05) is 32.9 Å². The highest BCUT2D eigenvalue weighted by atomic mass is 35.5. The first-order valence-electron chi connectivity index (χ1n) is 7.56. The van der Waals surface area contributed by atoms with Gasteiger partial charge in [0.2, 0.25) is 0 Å². The molecule has 6 heteroatoms. The molecule has 1 aliphatic carbocycles. The maximum Gasteiger partial charge on any atom is 0.313 e. The molecule has 1 amide bonds. The number of carbonyl (C=O) groups excluding carboxylic acids is 2. The van der Waals surface area contributed by atoms with Gasteiger partial charge in [-0.3, -0.25) is 9.59 Å². The second-order valence-electron chi connectivity index (χ2n) is 6.89. The van der Waals surface area contributed by atoms with Gasteiger partial charge in [0.25, 0.3) is 5.91 Å². The third kappa shape index (κ3) is 2.02. The highest BCUT2D eigenvalue weighted by Crippen LogP contribution is 2.65. The van der Waals surface area contributed by atoms with Gasteiger partial charge in [-0.1, -0.05) is 43.6 Å². The number of ether oxygens (including phenoxy) is 1. The van der Waals surface area contributed by atoms with Gasteiger partial charge < -0.3 is 4.74 Å². The maximum absolute atomic E-state index is 12.7. The van der Waals surface area contributed by atoms with Crippen LogP contribution in [-0.4, -0.2) is 23.7 Å². The predicted molar refractivity (Wildman–Crippen MR) is 87.1 cm³/mol. The molecule has 122 valence electrons. The number of fused-ring (bicyclic) bond motifs is 2. The Labute approximate surface area is 140 Å². The Morgan fingerprint density at radius 2 is 2.00 bits per heavy atom. The lowest BCUT2D eigenvalue weighted by Crippen LogP contribution is -2.52. The van der Waals surface area contributed by atoms with Gasteiger partial charge in [0.05, 0.1) is 11.6 Å². The molecule has 1 aromatic carbocycles. The Bertz CT molecular complexity index is 716. The number of hydrogen-bond acceptors (Lipinski definition) is 4. The van der Waals surface area contributed by atoms with E-state index < -0.39 is 16.4 Å². The van der Waals surface area contributed by atoms with E-state index in [0.29, 0.717) is 23.4 Å². The zero-order valence-electron chi connectivity index (χ0n) is 13.4. The van der Waals surface area contributed by atoms with Crippen molar-refractivity contribution in [3.8, 4) is 0 Å². The molecule has 2 atom stereocenters. The average molecular weight is 335 g/mol. The summed E-state index contributed by atoms with van der Waals surface area (Å²) in [5.74, 6) is -0.695. The summed E-state index contributed by atoms with van der Waals surface area (Å²) >= 11 is 6.04. The van der Waals surface area contributed by atoms with Crippen molar-refractivity contribution in [2.45, 2.75) is 39.2 Å². The van der Waals surface area contributed by atoms with Crippen LogP contribution in [0.4, 0.5) is 0 Å². The number of amides is 1. The summed E-state index contributed by atoms with van der Waals surface area (Å²) in [5.41, 5.74) is 0.840. The number of nitrogens with one attached hydrogen (secondary N) is 1. The van der Waals surface area contributed by atoms with Crippen molar-refractivity contribution in [3.05, 3.63) is 34.9 Å². The number of benzene rings is 1. The topological polar surface area (TPSA) is 67.8 Å². The lowest BCUT2D eigenvalue weighted by atomic mass is 9.66. The summed E-state index contributed by atoms with van der Waals surface area (Å²) in [6.45, 7) is 5.68. The fourth-order valence-corrected chi connectivity index (χ4v) is 3.76. The van der Waals surface area contributed by atoms with E-state index in [1.165, 1.54) is 6.21 Å². The van der Waals surface area contributed by atoms with Gasteiger partial charge in [0, 0.05) is 16.0 Å². The van der Waals surface area contributed by atoms with Crippen LogP contribution in [0.25, 0.3) is 0 Å². The SMILES string of the molecule is CC12CCC(C(=O)N/N=C/c3ccccc3Cl)(OC1=O)C2(C)C. The van der Waals surface area contributed by atoms with Gasteiger partial charge >= 0.3 is 5.97 Å². The zero-order valence-corrected chi connectivity index (χ0v) is 14.1. The number of halogens is 1. The Morgan fingerprint density at radius 3 is 2.57 bits per heavy atom. The summed E-state index contributed by atoms with van der Waals surface area (Å²) in [6.07, 6.45) is 2.63. The normalized spacial score (nSPS) is 31.4. The monoisotopic (exact) mass is 334 g/mol. The molecule has 1 aromatic rings. The third-order valence-corrected chi connectivity index (χ3v) is 6.07. The first-order valence-corrected chi connectivity index (χ1v) is 7.94. The summed E-state index contributed by atoms with van der Waals surface area (Å²) < 4.78 is 5.50. The highest BCUT2D eigenvalue weighted by Gasteiger charge is 2.75. The van der Waals surface area contributed by atoms with E-state index in [9.17, 15) is 9.59 Å². The fraction of sp³-hybridized carbons (Fsp3) is 0.471. The minimum absolute atomic E-state index is 0.306. The molecule has 23 heavy (non-hydrogen) atoms. The van der Waals surface area contributed by atoms with Crippen molar-refractivity contribution in [1.29, 1.82) is 0 Å². The number of esters is 1. The van der Waals surface area contributed by atoms with Gasteiger partial charge in [-0.2, -0.15) is 5.10 Å².